The maximum atomic E-state index is 12.1. The van der Waals surface area contributed by atoms with Crippen molar-refractivity contribution in [2.45, 2.75) is 32.1 Å². The number of nitrogens with zero attached hydrogens (tertiary/aromatic N) is 1. The molecule has 0 aliphatic heterocycles. The number of sulfone groups is 1. The first kappa shape index (κ1) is 21.1. The third-order valence-corrected chi connectivity index (χ3v) is 6.34. The van der Waals surface area contributed by atoms with Crippen molar-refractivity contribution in [3.63, 3.8) is 0 Å². The Balaban J connectivity index is 2.58. The molecular formula is C17H29N3O4S. The smallest absolute Gasteiger partial charge is 0.191 e. The van der Waals surface area contributed by atoms with E-state index in [0.717, 1.165) is 5.56 Å². The van der Waals surface area contributed by atoms with Crippen LogP contribution in [0.3, 0.4) is 0 Å². The van der Waals surface area contributed by atoms with Crippen molar-refractivity contribution in [1.29, 1.82) is 0 Å². The van der Waals surface area contributed by atoms with Crippen LogP contribution < -0.4 is 20.1 Å². The van der Waals surface area contributed by atoms with E-state index in [1.54, 1.807) is 42.0 Å². The van der Waals surface area contributed by atoms with Crippen molar-refractivity contribution in [1.82, 2.24) is 10.6 Å². The van der Waals surface area contributed by atoms with E-state index in [1.165, 1.54) is 0 Å². The first-order valence-electron chi connectivity index (χ1n) is 8.02. The summed E-state index contributed by atoms with van der Waals surface area (Å²) >= 11 is 0. The molecule has 0 unspecified atom stereocenters. The van der Waals surface area contributed by atoms with Crippen molar-refractivity contribution in [2.24, 2.45) is 4.99 Å². The van der Waals surface area contributed by atoms with Gasteiger partial charge in [-0.1, -0.05) is 6.07 Å². The van der Waals surface area contributed by atoms with Gasteiger partial charge in [-0.3, -0.25) is 4.99 Å². The number of nitrogens with one attached hydrogen (secondary N) is 2. The predicted octanol–water partition coefficient (Wildman–Crippen LogP) is 1.58. The average molecular weight is 372 g/mol. The first-order chi connectivity index (χ1) is 11.6. The number of rotatable bonds is 7. The molecule has 0 atom stereocenters. The van der Waals surface area contributed by atoms with Crippen LogP contribution in [0.15, 0.2) is 23.2 Å². The molecular weight excluding hydrogens is 342 g/mol. The van der Waals surface area contributed by atoms with Gasteiger partial charge >= 0.3 is 0 Å². The zero-order valence-electron chi connectivity index (χ0n) is 15.8. The fraction of sp³-hybridized carbons (Fsp3) is 0.588. The van der Waals surface area contributed by atoms with E-state index in [1.807, 2.05) is 18.2 Å². The van der Waals surface area contributed by atoms with E-state index in [4.69, 9.17) is 9.47 Å². The molecule has 0 aromatic heterocycles. The summed E-state index contributed by atoms with van der Waals surface area (Å²) in [6, 6.07) is 5.64. The highest BCUT2D eigenvalue weighted by Crippen LogP contribution is 2.27. The molecule has 0 saturated heterocycles. The van der Waals surface area contributed by atoms with Crippen molar-refractivity contribution in [3.05, 3.63) is 23.8 Å². The molecule has 1 aromatic carbocycles. The predicted molar refractivity (Wildman–Crippen MR) is 101 cm³/mol. The standard InChI is InChI=1S/C17H29N3O4S/c1-17(2,3)25(21,22)10-9-19-16(18-4)20-12-13-7-8-14(23-5)15(11-13)24-6/h7-8,11H,9-10,12H2,1-6H3,(H2,18,19,20). The lowest BCUT2D eigenvalue weighted by molar-refractivity contribution is 0.354. The van der Waals surface area contributed by atoms with E-state index in [-0.39, 0.29) is 5.75 Å². The lowest BCUT2D eigenvalue weighted by Gasteiger charge is -2.20. The summed E-state index contributed by atoms with van der Waals surface area (Å²) in [5.74, 6) is 1.91. The van der Waals surface area contributed by atoms with E-state index < -0.39 is 14.6 Å². The lowest BCUT2D eigenvalue weighted by atomic mass is 10.2. The van der Waals surface area contributed by atoms with Gasteiger partial charge in [-0.25, -0.2) is 8.42 Å². The molecule has 7 nitrogen and oxygen atoms in total. The maximum Gasteiger partial charge on any atom is 0.191 e. The largest absolute Gasteiger partial charge is 0.493 e. The normalized spacial score (nSPS) is 12.6. The first-order valence-corrected chi connectivity index (χ1v) is 9.67. The number of ether oxygens (including phenoxy) is 2. The Morgan fingerprint density at radius 2 is 1.76 bits per heavy atom. The minimum Gasteiger partial charge on any atom is -0.493 e. The molecule has 2 N–H and O–H groups in total. The molecule has 0 heterocycles. The highest BCUT2D eigenvalue weighted by Gasteiger charge is 2.28. The Labute approximate surface area is 150 Å². The Bertz CT molecular complexity index is 694. The quantitative estimate of drug-likeness (QED) is 0.559. The van der Waals surface area contributed by atoms with Gasteiger partial charge < -0.3 is 20.1 Å². The van der Waals surface area contributed by atoms with Gasteiger partial charge in [-0.2, -0.15) is 0 Å². The monoisotopic (exact) mass is 371 g/mol. The molecule has 25 heavy (non-hydrogen) atoms. The zero-order chi connectivity index (χ0) is 19.1. The SMILES string of the molecule is CN=C(NCCS(=O)(=O)C(C)(C)C)NCc1ccc(OC)c(OC)c1. The highest BCUT2D eigenvalue weighted by atomic mass is 32.2. The molecule has 0 aliphatic rings. The number of aliphatic imine (C=N–C) groups is 1. The van der Waals surface area contributed by atoms with Crippen LogP contribution in [0.25, 0.3) is 0 Å². The highest BCUT2D eigenvalue weighted by molar-refractivity contribution is 7.92. The summed E-state index contributed by atoms with van der Waals surface area (Å²) in [5.41, 5.74) is 0.989. The second-order valence-electron chi connectivity index (χ2n) is 6.47. The molecule has 0 saturated carbocycles. The van der Waals surface area contributed by atoms with E-state index in [2.05, 4.69) is 15.6 Å². The topological polar surface area (TPSA) is 89.0 Å². The fourth-order valence-electron chi connectivity index (χ4n) is 2.01. The van der Waals surface area contributed by atoms with Crippen LogP contribution in [0.2, 0.25) is 0 Å². The summed E-state index contributed by atoms with van der Waals surface area (Å²) in [5, 5.41) is 6.17. The fourth-order valence-corrected chi connectivity index (χ4v) is 2.99. The van der Waals surface area contributed by atoms with Crippen LogP contribution >= 0.6 is 0 Å². The van der Waals surface area contributed by atoms with Crippen molar-refractivity contribution in [3.8, 4) is 11.5 Å². The Morgan fingerprint density at radius 3 is 2.28 bits per heavy atom. The van der Waals surface area contributed by atoms with E-state index in [9.17, 15) is 8.42 Å². The lowest BCUT2D eigenvalue weighted by Crippen LogP contribution is -2.41. The third-order valence-electron chi connectivity index (χ3n) is 3.73. The number of guanidine groups is 1. The molecule has 142 valence electrons. The van der Waals surface area contributed by atoms with Crippen LogP contribution in [-0.2, 0) is 16.4 Å². The van der Waals surface area contributed by atoms with E-state index >= 15 is 0 Å². The van der Waals surface area contributed by atoms with Crippen molar-refractivity contribution >= 4 is 15.8 Å². The number of benzene rings is 1. The van der Waals surface area contributed by atoms with Gasteiger partial charge in [0, 0.05) is 20.1 Å². The van der Waals surface area contributed by atoms with Gasteiger partial charge in [-0.05, 0) is 38.5 Å². The second-order valence-corrected chi connectivity index (χ2v) is 9.34. The van der Waals surface area contributed by atoms with Gasteiger partial charge in [0.25, 0.3) is 0 Å². The van der Waals surface area contributed by atoms with Crippen LogP contribution in [-0.4, -0.2) is 52.7 Å². The molecule has 1 rings (SSSR count). The molecule has 0 aliphatic carbocycles. The molecule has 0 bridgehead atoms. The average Bonchev–Trinajstić information content (AvgIpc) is 2.56. The second kappa shape index (κ2) is 8.94. The summed E-state index contributed by atoms with van der Waals surface area (Å²) in [6.45, 7) is 5.92. The Hall–Kier alpha value is -1.96. The minimum atomic E-state index is -3.16. The summed E-state index contributed by atoms with van der Waals surface area (Å²) in [6.07, 6.45) is 0. The van der Waals surface area contributed by atoms with Crippen LogP contribution in [0, 0.1) is 0 Å². The minimum absolute atomic E-state index is 0.0492. The molecule has 0 radical (unpaired) electrons. The molecule has 0 fully saturated rings. The number of methoxy groups -OCH3 is 2. The Morgan fingerprint density at radius 1 is 1.12 bits per heavy atom. The molecule has 1 aromatic rings. The van der Waals surface area contributed by atoms with Crippen molar-refractivity contribution < 1.29 is 17.9 Å². The molecule has 0 spiro atoms. The van der Waals surface area contributed by atoms with Crippen molar-refractivity contribution in [2.75, 3.05) is 33.6 Å². The molecule has 8 heteroatoms. The number of hydrogen-bond acceptors (Lipinski definition) is 5. The van der Waals surface area contributed by atoms with Gasteiger partial charge in [0.15, 0.2) is 27.3 Å². The number of hydrogen-bond donors (Lipinski definition) is 2. The van der Waals surface area contributed by atoms with Crippen LogP contribution in [0.1, 0.15) is 26.3 Å². The van der Waals surface area contributed by atoms with Gasteiger partial charge in [0.1, 0.15) is 0 Å². The van der Waals surface area contributed by atoms with E-state index in [0.29, 0.717) is 30.5 Å². The summed E-state index contributed by atoms with van der Waals surface area (Å²) in [7, 11) is 1.66. The van der Waals surface area contributed by atoms with Crippen LogP contribution in [0.4, 0.5) is 0 Å². The third kappa shape index (κ3) is 6.12. The van der Waals surface area contributed by atoms with Crippen LogP contribution in [0.5, 0.6) is 11.5 Å². The molecule has 0 amide bonds. The summed E-state index contributed by atoms with van der Waals surface area (Å²) in [4.78, 5) is 4.10. The maximum absolute atomic E-state index is 12.1. The zero-order valence-corrected chi connectivity index (χ0v) is 16.7. The van der Waals surface area contributed by atoms with Gasteiger partial charge in [0.2, 0.25) is 0 Å². The summed E-state index contributed by atoms with van der Waals surface area (Å²) < 4.78 is 33.9. The Kier molecular flexibility index (Phi) is 7.54. The van der Waals surface area contributed by atoms with Gasteiger partial charge in [-0.15, -0.1) is 0 Å². The van der Waals surface area contributed by atoms with Gasteiger partial charge in [0.05, 0.1) is 24.7 Å².